The summed E-state index contributed by atoms with van der Waals surface area (Å²) in [5.74, 6) is 0.569. The van der Waals surface area contributed by atoms with E-state index in [1.807, 2.05) is 53.2 Å². The van der Waals surface area contributed by atoms with Crippen LogP contribution in [0, 0.1) is 0 Å². The van der Waals surface area contributed by atoms with Gasteiger partial charge in [0.1, 0.15) is 31.1 Å². The van der Waals surface area contributed by atoms with Crippen LogP contribution in [0.15, 0.2) is 65.4 Å². The maximum absolute atomic E-state index is 12.4. The molecule has 1 N–H and O–H groups in total. The second-order valence-corrected chi connectivity index (χ2v) is 8.51. The van der Waals surface area contributed by atoms with Crippen LogP contribution in [-0.4, -0.2) is 50.3 Å². The molecule has 1 heterocycles. The summed E-state index contributed by atoms with van der Waals surface area (Å²) in [7, 11) is 1.65. The van der Waals surface area contributed by atoms with Crippen molar-refractivity contribution >= 4 is 38.7 Å². The molecule has 2 amide bonds. The number of fused-ring (bicyclic) bond motifs is 1. The summed E-state index contributed by atoms with van der Waals surface area (Å²) >= 11 is 3.43. The molecule has 0 aliphatic rings. The van der Waals surface area contributed by atoms with Crippen molar-refractivity contribution in [3.63, 3.8) is 0 Å². The van der Waals surface area contributed by atoms with Crippen LogP contribution in [-0.2, 0) is 11.3 Å². The van der Waals surface area contributed by atoms with E-state index in [9.17, 15) is 9.59 Å². The number of ether oxygens (including phenoxy) is 2. The quantitative estimate of drug-likeness (QED) is 0.205. The number of carbonyl (C=O) groups excluding carboxylic acids is 2. The zero-order valence-electron chi connectivity index (χ0n) is 19.3. The number of pyridine rings is 1. The maximum atomic E-state index is 12.4. The molecule has 0 bridgehead atoms. The largest absolute Gasteiger partial charge is 1.00 e. The van der Waals surface area contributed by atoms with E-state index in [2.05, 4.69) is 28.2 Å². The van der Waals surface area contributed by atoms with Crippen LogP contribution < -0.4 is 38.6 Å². The van der Waals surface area contributed by atoms with E-state index in [4.69, 9.17) is 9.47 Å². The second-order valence-electron chi connectivity index (χ2n) is 7.60. The van der Waals surface area contributed by atoms with Crippen LogP contribution in [0.5, 0.6) is 5.75 Å². The van der Waals surface area contributed by atoms with Gasteiger partial charge in [0, 0.05) is 18.9 Å². The van der Waals surface area contributed by atoms with Gasteiger partial charge in [-0.3, -0.25) is 4.79 Å². The monoisotopic (exact) mass is 641 g/mol. The Morgan fingerprint density at radius 3 is 2.65 bits per heavy atom. The fourth-order valence-electron chi connectivity index (χ4n) is 3.33. The van der Waals surface area contributed by atoms with E-state index in [0.29, 0.717) is 18.7 Å². The summed E-state index contributed by atoms with van der Waals surface area (Å²) in [5, 5.41) is 4.92. The highest BCUT2D eigenvalue weighted by molar-refractivity contribution is 9.10. The lowest BCUT2D eigenvalue weighted by atomic mass is 10.1. The number of nitrogens with zero attached hydrogens (tertiary/aromatic N) is 2. The number of benzene rings is 2. The average Bonchev–Trinajstić information content (AvgIpc) is 2.81. The first-order valence-corrected chi connectivity index (χ1v) is 11.7. The van der Waals surface area contributed by atoms with Gasteiger partial charge in [-0.25, -0.2) is 9.36 Å². The first-order valence-electron chi connectivity index (χ1n) is 10.9. The van der Waals surface area contributed by atoms with Gasteiger partial charge in [0.2, 0.25) is 0 Å². The van der Waals surface area contributed by atoms with Crippen molar-refractivity contribution in [1.29, 1.82) is 0 Å². The van der Waals surface area contributed by atoms with Crippen molar-refractivity contribution in [3.8, 4) is 5.75 Å². The number of rotatable bonds is 10. The molecule has 9 heteroatoms. The number of hydrogen-bond donors (Lipinski definition) is 1. The molecule has 1 aromatic heterocycles. The van der Waals surface area contributed by atoms with Gasteiger partial charge < -0.3 is 43.7 Å². The van der Waals surface area contributed by atoms with Crippen LogP contribution in [0.1, 0.15) is 23.7 Å². The molecule has 34 heavy (non-hydrogen) atoms. The van der Waals surface area contributed by atoms with E-state index in [0.717, 1.165) is 34.0 Å². The number of halogens is 2. The van der Waals surface area contributed by atoms with Crippen LogP contribution >= 0.6 is 15.9 Å². The van der Waals surface area contributed by atoms with Crippen LogP contribution in [0.4, 0.5) is 4.79 Å². The molecule has 7 nitrogen and oxygen atoms in total. The minimum Gasteiger partial charge on any atom is -1.00 e. The van der Waals surface area contributed by atoms with Gasteiger partial charge in [0.05, 0.1) is 17.6 Å². The lowest BCUT2D eigenvalue weighted by Gasteiger charge is -2.18. The minimum absolute atomic E-state index is 0. The molecule has 3 rings (SSSR count). The summed E-state index contributed by atoms with van der Waals surface area (Å²) < 4.78 is 13.9. The molecule has 2 aromatic carbocycles. The number of hydrogen-bond acceptors (Lipinski definition) is 4. The first kappa shape index (κ1) is 27.8. The lowest BCUT2D eigenvalue weighted by Crippen LogP contribution is -3.00. The number of amides is 2. The summed E-state index contributed by atoms with van der Waals surface area (Å²) in [6.45, 7) is 3.94. The zero-order valence-corrected chi connectivity index (χ0v) is 23.0. The Bertz CT molecular complexity index is 1110. The molecule has 0 saturated carbocycles. The SMILES string of the molecule is CCC[n+]1cc(Br)cc(C(=O)NCCOC(=O)N(C)CCOc2cccc3ccccc23)c1.[I-]. The van der Waals surface area contributed by atoms with Crippen molar-refractivity contribution in [3.05, 3.63) is 71.0 Å². The molecular weight excluding hydrogens is 613 g/mol. The standard InChI is InChI=1S/C25H28BrN3O4.HI/c1-3-12-29-17-20(16-21(26)18-29)24(30)27-11-14-33-25(31)28(2)13-15-32-23-10-6-8-19-7-4-5-9-22(19)23;/h4-10,16-18H,3,11-15H2,1-2H3;1H. The fraction of sp³-hybridized carbons (Fsp3) is 0.320. The molecule has 3 aromatic rings. The molecule has 0 spiro atoms. The van der Waals surface area contributed by atoms with E-state index in [1.54, 1.807) is 19.3 Å². The average molecular weight is 642 g/mol. The molecule has 0 aliphatic heterocycles. The fourth-order valence-corrected chi connectivity index (χ4v) is 3.84. The molecule has 0 radical (unpaired) electrons. The molecule has 0 saturated heterocycles. The third-order valence-corrected chi connectivity index (χ3v) is 5.42. The Labute approximate surface area is 225 Å². The number of nitrogens with one attached hydrogen (secondary N) is 1. The Morgan fingerprint density at radius 2 is 1.85 bits per heavy atom. The molecule has 182 valence electrons. The molecule has 0 aliphatic carbocycles. The Balaban J connectivity index is 0.00000408. The summed E-state index contributed by atoms with van der Waals surface area (Å²) in [6, 6.07) is 15.6. The minimum atomic E-state index is -0.464. The summed E-state index contributed by atoms with van der Waals surface area (Å²) in [4.78, 5) is 26.0. The van der Waals surface area contributed by atoms with E-state index in [1.165, 1.54) is 4.90 Å². The highest BCUT2D eigenvalue weighted by Crippen LogP contribution is 2.24. The van der Waals surface area contributed by atoms with Gasteiger partial charge >= 0.3 is 6.09 Å². The number of carbonyl (C=O) groups is 2. The van der Waals surface area contributed by atoms with Gasteiger partial charge in [0.25, 0.3) is 5.91 Å². The number of aromatic nitrogens is 1. The number of aryl methyl sites for hydroxylation is 1. The van der Waals surface area contributed by atoms with Gasteiger partial charge in [-0.05, 0) is 33.4 Å². The molecule has 0 atom stereocenters. The Hall–Kier alpha value is -2.40. The highest BCUT2D eigenvalue weighted by atomic mass is 127. The van der Waals surface area contributed by atoms with E-state index < -0.39 is 6.09 Å². The lowest BCUT2D eigenvalue weighted by molar-refractivity contribution is -0.697. The van der Waals surface area contributed by atoms with E-state index in [-0.39, 0.29) is 43.0 Å². The topological polar surface area (TPSA) is 71.8 Å². The Morgan fingerprint density at radius 1 is 1.09 bits per heavy atom. The summed E-state index contributed by atoms with van der Waals surface area (Å²) in [5.41, 5.74) is 0.548. The highest BCUT2D eigenvalue weighted by Gasteiger charge is 2.14. The van der Waals surface area contributed by atoms with Gasteiger partial charge in [-0.2, -0.15) is 0 Å². The molecular formula is C25H29BrIN3O4. The van der Waals surface area contributed by atoms with Crippen molar-refractivity contribution in [2.24, 2.45) is 0 Å². The van der Waals surface area contributed by atoms with Crippen molar-refractivity contribution in [2.45, 2.75) is 19.9 Å². The third-order valence-electron chi connectivity index (χ3n) is 4.99. The van der Waals surface area contributed by atoms with Crippen molar-refractivity contribution in [1.82, 2.24) is 10.2 Å². The Kier molecular flexibility index (Phi) is 11.5. The third kappa shape index (κ3) is 8.12. The van der Waals surface area contributed by atoms with Crippen LogP contribution in [0.2, 0.25) is 0 Å². The summed E-state index contributed by atoms with van der Waals surface area (Å²) in [6.07, 6.45) is 4.24. The van der Waals surface area contributed by atoms with Crippen molar-refractivity contribution < 1.29 is 47.6 Å². The predicted octanol–water partition coefficient (Wildman–Crippen LogP) is 1.18. The number of likely N-dealkylation sites (N-methyl/N-ethyl adjacent to an activating group) is 1. The van der Waals surface area contributed by atoms with Gasteiger partial charge in [0.15, 0.2) is 12.4 Å². The predicted molar refractivity (Wildman–Crippen MR) is 130 cm³/mol. The van der Waals surface area contributed by atoms with Crippen molar-refractivity contribution in [2.75, 3.05) is 33.4 Å². The van der Waals surface area contributed by atoms with Crippen LogP contribution in [0.25, 0.3) is 10.8 Å². The first-order chi connectivity index (χ1) is 16.0. The van der Waals surface area contributed by atoms with E-state index >= 15 is 0 Å². The smallest absolute Gasteiger partial charge is 0.409 e. The van der Waals surface area contributed by atoms with Gasteiger partial charge in [-0.1, -0.05) is 43.3 Å². The molecule has 0 fully saturated rings. The second kappa shape index (κ2) is 14.1. The maximum Gasteiger partial charge on any atom is 0.409 e. The van der Waals surface area contributed by atoms with Gasteiger partial charge in [-0.15, -0.1) is 0 Å². The normalized spacial score (nSPS) is 10.3. The van der Waals surface area contributed by atoms with Crippen LogP contribution in [0.3, 0.4) is 0 Å². The zero-order chi connectivity index (χ0) is 23.6. The molecule has 0 unspecified atom stereocenters.